The van der Waals surface area contributed by atoms with Gasteiger partial charge in [-0.3, -0.25) is 9.59 Å². The van der Waals surface area contributed by atoms with E-state index in [2.05, 4.69) is 49.4 Å². The third-order valence-electron chi connectivity index (χ3n) is 12.3. The first-order valence-corrected chi connectivity index (χ1v) is 24.3. The van der Waals surface area contributed by atoms with Gasteiger partial charge in [0.15, 0.2) is 0 Å². The molecule has 0 fully saturated rings. The number of hydrogen-bond acceptors (Lipinski definition) is 10. The number of nitrogens with zero attached hydrogens (tertiary/aromatic N) is 6. The summed E-state index contributed by atoms with van der Waals surface area (Å²) in [5.74, 6) is -1.12. The van der Waals surface area contributed by atoms with Crippen LogP contribution in [0.15, 0.2) is 134 Å². The minimum atomic E-state index is -4.04. The van der Waals surface area contributed by atoms with E-state index >= 15 is 0 Å². The molecule has 0 radical (unpaired) electrons. The first kappa shape index (κ1) is 50.8. The molecule has 0 aliphatic carbocycles. The van der Waals surface area contributed by atoms with Crippen molar-refractivity contribution in [2.45, 2.75) is 89.0 Å². The van der Waals surface area contributed by atoms with Gasteiger partial charge < -0.3 is 29.8 Å². The Morgan fingerprint density at radius 3 is 1.86 bits per heavy atom. The molecule has 0 bridgehead atoms. The van der Waals surface area contributed by atoms with Crippen molar-refractivity contribution in [3.05, 3.63) is 162 Å². The molecule has 5 atom stereocenters. The van der Waals surface area contributed by atoms with Gasteiger partial charge in [0, 0.05) is 49.5 Å². The summed E-state index contributed by atoms with van der Waals surface area (Å²) >= 11 is 0. The lowest BCUT2D eigenvalue weighted by Crippen LogP contribution is -2.55. The van der Waals surface area contributed by atoms with Crippen LogP contribution in [0.4, 0.5) is 4.79 Å². The zero-order chi connectivity index (χ0) is 49.3. The summed E-state index contributed by atoms with van der Waals surface area (Å²) in [5.41, 5.74) is 4.23. The van der Waals surface area contributed by atoms with Crippen LogP contribution in [0.5, 0.6) is 0 Å². The van der Waals surface area contributed by atoms with Gasteiger partial charge in [0.2, 0.25) is 21.8 Å². The predicted octanol–water partition coefficient (Wildman–Crippen LogP) is 6.55. The summed E-state index contributed by atoms with van der Waals surface area (Å²) in [6.45, 7) is 10.2. The lowest BCUT2D eigenvalue weighted by molar-refractivity contribution is -0.122. The van der Waals surface area contributed by atoms with Crippen LogP contribution in [-0.2, 0) is 50.3 Å². The molecule has 16 nitrogen and oxygen atoms in total. The predicted molar refractivity (Wildman–Crippen MR) is 262 cm³/mol. The summed E-state index contributed by atoms with van der Waals surface area (Å²) in [7, 11) is -4.04. The van der Waals surface area contributed by atoms with Crippen LogP contribution in [0.2, 0.25) is 0 Å². The third kappa shape index (κ3) is 14.4. The van der Waals surface area contributed by atoms with Crippen LogP contribution in [0, 0.1) is 34.5 Å². The molecule has 6 rings (SSSR count). The number of alkyl carbamates (subject to hydrolysis) is 1. The van der Waals surface area contributed by atoms with Crippen molar-refractivity contribution in [1.29, 1.82) is 10.5 Å². The van der Waals surface area contributed by atoms with E-state index in [0.29, 0.717) is 54.9 Å². The highest BCUT2D eigenvalue weighted by Gasteiger charge is 2.32. The molecule has 5 unspecified atom stereocenters. The Bertz CT molecular complexity index is 2900. The molecule has 0 aliphatic rings. The van der Waals surface area contributed by atoms with E-state index in [1.807, 2.05) is 78.4 Å². The number of carbonyl (C=O) groups is 3. The number of nitriles is 2. The fraction of sp³-hybridized carbons (Fsp3) is 0.327. The zero-order valence-electron chi connectivity index (χ0n) is 39.0. The molecule has 69 heavy (non-hydrogen) atoms. The van der Waals surface area contributed by atoms with Crippen LogP contribution < -0.4 is 20.7 Å². The number of fused-ring (bicyclic) bond motifs is 1. The minimum Gasteiger partial charge on any atom is -0.445 e. The van der Waals surface area contributed by atoms with Crippen LogP contribution in [0.3, 0.4) is 0 Å². The molecule has 358 valence electrons. The SMILES string of the molecule is C=CCOC(=O)NC(CCC(C)C(CNS(=O)(=O)c1ccc2ccccc2c1)NC(=O)Cc1cncn1Cc1ccc(C#N)cc1)C(NC(=O)Cc1cncn1Cc1ccc(C#N)cc1)C(C)CC. The molecular formula is C52H58N10O6S. The maximum atomic E-state index is 14.0. The standard InChI is InChI=1S/C52H58N10O6S/c1-5-23-68-52(65)59-47(51(36(3)6-2)60-50(64)26-45-30-56-35-62(45)33-41-18-14-39(28-54)15-19-41)22-11-37(4)48(31-57-69(66,67)46-21-20-42-9-7-8-10-43(42)24-46)58-49(63)25-44-29-55-34-61(44)32-40-16-12-38(27-53)13-17-40/h5,7-10,12-21,24,29-30,34-37,47-48,51,57H,1,6,11,22-23,25-26,31-33H2,2-4H3,(H,58,63)(H,59,65)(H,60,64). The number of carbonyl (C=O) groups excluding carboxylic acids is 3. The van der Waals surface area contributed by atoms with E-state index in [9.17, 15) is 33.3 Å². The average molecular weight is 951 g/mol. The number of rotatable bonds is 24. The van der Waals surface area contributed by atoms with Gasteiger partial charge in [0.25, 0.3) is 0 Å². The molecule has 0 saturated carbocycles. The van der Waals surface area contributed by atoms with E-state index in [4.69, 9.17) is 4.74 Å². The lowest BCUT2D eigenvalue weighted by atomic mass is 9.86. The topological polar surface area (TPSA) is 226 Å². The van der Waals surface area contributed by atoms with Crippen molar-refractivity contribution in [3.63, 3.8) is 0 Å². The largest absolute Gasteiger partial charge is 0.445 e. The highest BCUT2D eigenvalue weighted by Crippen LogP contribution is 2.23. The van der Waals surface area contributed by atoms with Crippen molar-refractivity contribution in [2.75, 3.05) is 13.2 Å². The number of sulfonamides is 1. The fourth-order valence-electron chi connectivity index (χ4n) is 8.08. The maximum absolute atomic E-state index is 14.0. The zero-order valence-corrected chi connectivity index (χ0v) is 39.9. The van der Waals surface area contributed by atoms with Gasteiger partial charge in [-0.25, -0.2) is 27.9 Å². The normalized spacial score (nSPS) is 13.5. The number of aromatic nitrogens is 4. The van der Waals surface area contributed by atoms with Crippen molar-refractivity contribution >= 4 is 38.7 Å². The Balaban J connectivity index is 1.20. The first-order chi connectivity index (χ1) is 33.3. The number of amides is 3. The number of nitrogens with one attached hydrogen (secondary N) is 4. The van der Waals surface area contributed by atoms with E-state index in [1.54, 1.807) is 67.5 Å². The fourth-order valence-corrected chi connectivity index (χ4v) is 9.17. The molecule has 2 aromatic heterocycles. The summed E-state index contributed by atoms with van der Waals surface area (Å²) in [6, 6.07) is 29.0. The first-order valence-electron chi connectivity index (χ1n) is 22.9. The Morgan fingerprint density at radius 2 is 1.30 bits per heavy atom. The number of imidazole rings is 2. The molecule has 17 heteroatoms. The average Bonchev–Trinajstić information content (AvgIpc) is 4.00. The second kappa shape index (κ2) is 24.4. The molecular weight excluding hydrogens is 893 g/mol. The van der Waals surface area contributed by atoms with Crippen LogP contribution in [0.1, 0.15) is 73.7 Å². The van der Waals surface area contributed by atoms with Gasteiger partial charge in [-0.15, -0.1) is 0 Å². The van der Waals surface area contributed by atoms with Crippen LogP contribution >= 0.6 is 0 Å². The van der Waals surface area contributed by atoms with Crippen molar-refractivity contribution < 1.29 is 27.5 Å². The van der Waals surface area contributed by atoms with E-state index < -0.39 is 34.2 Å². The van der Waals surface area contributed by atoms with Gasteiger partial charge in [0.1, 0.15) is 6.61 Å². The molecule has 6 aromatic rings. The quantitative estimate of drug-likeness (QED) is 0.0479. The molecule has 4 N–H and O–H groups in total. The lowest BCUT2D eigenvalue weighted by Gasteiger charge is -2.34. The summed E-state index contributed by atoms with van der Waals surface area (Å²) < 4.78 is 39.5. The van der Waals surface area contributed by atoms with E-state index in [0.717, 1.165) is 21.9 Å². The van der Waals surface area contributed by atoms with Crippen LogP contribution in [-0.4, -0.2) is 76.7 Å². The molecule has 2 heterocycles. The molecule has 4 aromatic carbocycles. The molecule has 0 spiro atoms. The summed E-state index contributed by atoms with van der Waals surface area (Å²) in [4.78, 5) is 49.8. The monoisotopic (exact) mass is 950 g/mol. The van der Waals surface area contributed by atoms with Gasteiger partial charge in [-0.2, -0.15) is 10.5 Å². The van der Waals surface area contributed by atoms with Crippen molar-refractivity contribution in [1.82, 2.24) is 39.8 Å². The van der Waals surface area contributed by atoms with E-state index in [-0.39, 0.29) is 54.5 Å². The molecule has 0 saturated heterocycles. The summed E-state index contributed by atoms with van der Waals surface area (Å²) in [5, 5.41) is 29.4. The number of benzene rings is 4. The molecule has 0 aliphatic heterocycles. The minimum absolute atomic E-state index is 0.00504. The summed E-state index contributed by atoms with van der Waals surface area (Å²) in [6.07, 6.45) is 8.60. The Hall–Kier alpha value is -7.60. The van der Waals surface area contributed by atoms with Crippen LogP contribution in [0.25, 0.3) is 10.8 Å². The number of hydrogen-bond donors (Lipinski definition) is 4. The van der Waals surface area contributed by atoms with E-state index in [1.165, 1.54) is 6.08 Å². The van der Waals surface area contributed by atoms with Crippen molar-refractivity contribution in [2.24, 2.45) is 11.8 Å². The highest BCUT2D eigenvalue weighted by molar-refractivity contribution is 7.89. The Labute approximate surface area is 403 Å². The second-order valence-electron chi connectivity index (χ2n) is 17.2. The van der Waals surface area contributed by atoms with Gasteiger partial charge >= 0.3 is 6.09 Å². The number of ether oxygens (including phenoxy) is 1. The van der Waals surface area contributed by atoms with Gasteiger partial charge in [-0.1, -0.05) is 94.4 Å². The Morgan fingerprint density at radius 1 is 0.739 bits per heavy atom. The maximum Gasteiger partial charge on any atom is 0.407 e. The van der Waals surface area contributed by atoms with Gasteiger partial charge in [-0.05, 0) is 83.0 Å². The van der Waals surface area contributed by atoms with Gasteiger partial charge in [0.05, 0.1) is 65.7 Å². The Kier molecular flexibility index (Phi) is 18.0. The smallest absolute Gasteiger partial charge is 0.407 e. The third-order valence-corrected chi connectivity index (χ3v) is 13.7. The van der Waals surface area contributed by atoms with Crippen molar-refractivity contribution in [3.8, 4) is 12.1 Å². The highest BCUT2D eigenvalue weighted by atomic mass is 32.2. The molecule has 3 amide bonds. The second-order valence-corrected chi connectivity index (χ2v) is 19.0.